The second kappa shape index (κ2) is 9.66. The number of carbonyl (C=O) groups excluding carboxylic acids is 1. The van der Waals surface area contributed by atoms with E-state index < -0.39 is 11.1 Å². The van der Waals surface area contributed by atoms with Gasteiger partial charge in [-0.2, -0.15) is 5.10 Å². The van der Waals surface area contributed by atoms with E-state index in [0.717, 1.165) is 69.5 Å². The Labute approximate surface area is 227 Å². The number of ether oxygens (including phenoxy) is 1. The van der Waals surface area contributed by atoms with E-state index in [4.69, 9.17) is 14.7 Å². The summed E-state index contributed by atoms with van der Waals surface area (Å²) in [6, 6.07) is 24.8. The monoisotopic (exact) mass is 517 g/mol. The van der Waals surface area contributed by atoms with Gasteiger partial charge in [0.05, 0.1) is 34.2 Å². The fraction of sp³-hybridized carbons (Fsp3) is 0.250. The number of aromatic amines is 1. The van der Waals surface area contributed by atoms with Gasteiger partial charge in [0.1, 0.15) is 5.60 Å². The molecule has 6 rings (SSSR count). The van der Waals surface area contributed by atoms with Crippen LogP contribution in [-0.4, -0.2) is 31.9 Å². The maximum Gasteiger partial charge on any atom is 0.408 e. The van der Waals surface area contributed by atoms with Crippen LogP contribution in [0.15, 0.2) is 85.2 Å². The Bertz CT molecular complexity index is 1620. The second-order valence-electron chi connectivity index (χ2n) is 11.1. The van der Waals surface area contributed by atoms with E-state index in [1.54, 1.807) is 6.20 Å². The largest absolute Gasteiger partial charge is 0.444 e. The molecule has 5 aromatic rings. The van der Waals surface area contributed by atoms with E-state index in [9.17, 15) is 4.79 Å². The molecule has 0 aliphatic heterocycles. The summed E-state index contributed by atoms with van der Waals surface area (Å²) in [5.41, 5.74) is 7.55. The smallest absolute Gasteiger partial charge is 0.408 e. The van der Waals surface area contributed by atoms with Crippen LogP contribution in [0.2, 0.25) is 0 Å². The number of hydrogen-bond donors (Lipinski definition) is 2. The van der Waals surface area contributed by atoms with Crippen molar-refractivity contribution >= 4 is 17.1 Å². The molecule has 3 aromatic heterocycles. The number of pyridine rings is 2. The minimum Gasteiger partial charge on any atom is -0.444 e. The van der Waals surface area contributed by atoms with Crippen molar-refractivity contribution in [3.05, 3.63) is 90.8 Å². The van der Waals surface area contributed by atoms with Crippen LogP contribution in [0.3, 0.4) is 0 Å². The number of fused-ring (bicyclic) bond motifs is 1. The number of carbonyl (C=O) groups is 1. The van der Waals surface area contributed by atoms with Gasteiger partial charge in [0.2, 0.25) is 0 Å². The first-order valence-corrected chi connectivity index (χ1v) is 13.3. The predicted octanol–water partition coefficient (Wildman–Crippen LogP) is 7.26. The number of rotatable bonds is 5. The zero-order valence-electron chi connectivity index (χ0n) is 22.4. The third kappa shape index (κ3) is 5.00. The Kier molecular flexibility index (Phi) is 6.14. The summed E-state index contributed by atoms with van der Waals surface area (Å²) in [5, 5.41) is 10.1. The molecule has 1 amide bonds. The van der Waals surface area contributed by atoms with Gasteiger partial charge >= 0.3 is 6.09 Å². The van der Waals surface area contributed by atoms with E-state index in [2.05, 4.69) is 58.0 Å². The zero-order chi connectivity index (χ0) is 27.0. The number of alkyl carbamates (subject to hydrolysis) is 1. The molecule has 2 aromatic carbocycles. The van der Waals surface area contributed by atoms with Gasteiger partial charge in [0.25, 0.3) is 0 Å². The summed E-state index contributed by atoms with van der Waals surface area (Å²) in [6.45, 7) is 5.64. The zero-order valence-corrected chi connectivity index (χ0v) is 22.4. The summed E-state index contributed by atoms with van der Waals surface area (Å²) in [4.78, 5) is 22.6. The molecular formula is C32H31N5O2. The van der Waals surface area contributed by atoms with Crippen LogP contribution in [0, 0.1) is 0 Å². The molecule has 0 atom stereocenters. The van der Waals surface area contributed by atoms with Gasteiger partial charge in [0.15, 0.2) is 0 Å². The average molecular weight is 518 g/mol. The summed E-state index contributed by atoms with van der Waals surface area (Å²) in [7, 11) is 0. The number of hydrogen-bond acceptors (Lipinski definition) is 5. The number of amides is 1. The van der Waals surface area contributed by atoms with E-state index in [1.807, 2.05) is 57.3 Å². The van der Waals surface area contributed by atoms with Crippen molar-refractivity contribution in [3.8, 4) is 33.6 Å². The standard InChI is InChI=1S/C32H31N5O2/c1-31(2,3)39-30(38)37-32(16-7-17-32)24-12-10-22(11-13-24)29-25(21-8-5-4-6-9-21)18-28-27(36-29)15-14-26(35-28)23-19-33-34-20-23/h4-6,8-15,18-20H,7,16-17H2,1-3H3,(H,33,34)(H,37,38). The number of nitrogens with one attached hydrogen (secondary N) is 2. The molecule has 0 unspecified atom stereocenters. The average Bonchev–Trinajstić information content (AvgIpc) is 3.45. The molecule has 1 aliphatic carbocycles. The molecule has 1 saturated carbocycles. The van der Waals surface area contributed by atoms with Crippen molar-refractivity contribution in [2.24, 2.45) is 0 Å². The summed E-state index contributed by atoms with van der Waals surface area (Å²) in [6.07, 6.45) is 6.07. The third-order valence-electron chi connectivity index (χ3n) is 7.21. The lowest BCUT2D eigenvalue weighted by molar-refractivity contribution is 0.0377. The normalized spacial score (nSPS) is 14.5. The van der Waals surface area contributed by atoms with Crippen LogP contribution >= 0.6 is 0 Å². The Balaban J connectivity index is 1.38. The highest BCUT2D eigenvalue weighted by molar-refractivity contribution is 5.90. The van der Waals surface area contributed by atoms with Gasteiger partial charge in [0, 0.05) is 22.9 Å². The fourth-order valence-corrected chi connectivity index (χ4v) is 5.13. The summed E-state index contributed by atoms with van der Waals surface area (Å²) in [5.74, 6) is 0. The van der Waals surface area contributed by atoms with Crippen LogP contribution in [0.4, 0.5) is 4.79 Å². The second-order valence-corrected chi connectivity index (χ2v) is 11.1. The predicted molar refractivity (Wildman–Crippen MR) is 153 cm³/mol. The highest BCUT2D eigenvalue weighted by Crippen LogP contribution is 2.42. The first kappa shape index (κ1) is 24.8. The minimum atomic E-state index is -0.539. The van der Waals surface area contributed by atoms with Crippen molar-refractivity contribution in [3.63, 3.8) is 0 Å². The number of nitrogens with zero attached hydrogens (tertiary/aromatic N) is 3. The molecule has 196 valence electrons. The topological polar surface area (TPSA) is 92.8 Å². The van der Waals surface area contributed by atoms with Crippen molar-refractivity contribution in [1.82, 2.24) is 25.5 Å². The molecule has 1 fully saturated rings. The molecule has 7 heteroatoms. The van der Waals surface area contributed by atoms with Crippen LogP contribution in [0.1, 0.15) is 45.6 Å². The molecule has 0 bridgehead atoms. The van der Waals surface area contributed by atoms with Gasteiger partial charge in [-0.05, 0) is 69.4 Å². The van der Waals surface area contributed by atoms with E-state index in [0.29, 0.717) is 0 Å². The van der Waals surface area contributed by atoms with Crippen molar-refractivity contribution in [2.45, 2.75) is 51.2 Å². The van der Waals surface area contributed by atoms with Gasteiger partial charge in [-0.15, -0.1) is 0 Å². The highest BCUT2D eigenvalue weighted by atomic mass is 16.6. The molecule has 0 saturated heterocycles. The fourth-order valence-electron chi connectivity index (χ4n) is 5.13. The third-order valence-corrected chi connectivity index (χ3v) is 7.21. The van der Waals surface area contributed by atoms with Gasteiger partial charge < -0.3 is 10.1 Å². The molecule has 0 spiro atoms. The molecule has 2 N–H and O–H groups in total. The van der Waals surface area contributed by atoms with Gasteiger partial charge in [-0.25, -0.2) is 14.8 Å². The molecule has 7 nitrogen and oxygen atoms in total. The Hall–Kier alpha value is -4.52. The number of aromatic nitrogens is 4. The maximum absolute atomic E-state index is 12.6. The molecule has 39 heavy (non-hydrogen) atoms. The first-order chi connectivity index (χ1) is 18.8. The summed E-state index contributed by atoms with van der Waals surface area (Å²) < 4.78 is 5.55. The number of benzene rings is 2. The Morgan fingerprint density at radius 1 is 0.897 bits per heavy atom. The van der Waals surface area contributed by atoms with Crippen molar-refractivity contribution < 1.29 is 9.53 Å². The van der Waals surface area contributed by atoms with E-state index in [1.165, 1.54) is 0 Å². The number of H-pyrrole nitrogens is 1. The van der Waals surface area contributed by atoms with Crippen LogP contribution < -0.4 is 5.32 Å². The van der Waals surface area contributed by atoms with Crippen molar-refractivity contribution in [1.29, 1.82) is 0 Å². The lowest BCUT2D eigenvalue weighted by atomic mass is 9.71. The quantitative estimate of drug-likeness (QED) is 0.256. The lowest BCUT2D eigenvalue weighted by Gasteiger charge is -2.43. The molecule has 0 radical (unpaired) electrons. The Morgan fingerprint density at radius 2 is 1.67 bits per heavy atom. The Morgan fingerprint density at radius 3 is 2.31 bits per heavy atom. The maximum atomic E-state index is 12.6. The van der Waals surface area contributed by atoms with E-state index in [-0.39, 0.29) is 6.09 Å². The van der Waals surface area contributed by atoms with E-state index >= 15 is 0 Å². The van der Waals surface area contributed by atoms with Gasteiger partial charge in [-0.1, -0.05) is 54.6 Å². The van der Waals surface area contributed by atoms with Crippen LogP contribution in [-0.2, 0) is 10.3 Å². The first-order valence-electron chi connectivity index (χ1n) is 13.3. The molecule has 1 aliphatic rings. The highest BCUT2D eigenvalue weighted by Gasteiger charge is 2.41. The molecular weight excluding hydrogens is 486 g/mol. The molecule has 3 heterocycles. The van der Waals surface area contributed by atoms with Crippen molar-refractivity contribution in [2.75, 3.05) is 0 Å². The lowest BCUT2D eigenvalue weighted by Crippen LogP contribution is -2.52. The minimum absolute atomic E-state index is 0.379. The van der Waals surface area contributed by atoms with Crippen LogP contribution in [0.25, 0.3) is 44.7 Å². The SMILES string of the molecule is CC(C)(C)OC(=O)NC1(c2ccc(-c3nc4ccc(-c5cn[nH]c5)nc4cc3-c3ccccc3)cc2)CCC1. The van der Waals surface area contributed by atoms with Crippen LogP contribution in [0.5, 0.6) is 0 Å². The summed E-state index contributed by atoms with van der Waals surface area (Å²) >= 11 is 0. The van der Waals surface area contributed by atoms with Gasteiger partial charge in [-0.3, -0.25) is 5.10 Å².